The first-order chi connectivity index (χ1) is 14.8. The molecule has 7 nitrogen and oxygen atoms in total. The van der Waals surface area contributed by atoms with Crippen LogP contribution in [0.15, 0.2) is 59.5 Å². The van der Waals surface area contributed by atoms with Crippen molar-refractivity contribution >= 4 is 27.8 Å². The number of aliphatic carboxylic acids is 1. The van der Waals surface area contributed by atoms with Crippen molar-refractivity contribution in [3.8, 4) is 0 Å². The average Bonchev–Trinajstić information content (AvgIpc) is 2.77. The van der Waals surface area contributed by atoms with E-state index in [-0.39, 0.29) is 4.90 Å². The molecule has 2 aromatic carbocycles. The smallest absolute Gasteiger partial charge is 0.328 e. The van der Waals surface area contributed by atoms with Crippen LogP contribution in [0.4, 0.5) is 5.69 Å². The molecule has 1 N–H and O–H groups in total. The van der Waals surface area contributed by atoms with Crippen LogP contribution in [-0.2, 0) is 21.2 Å². The lowest BCUT2D eigenvalue weighted by Crippen LogP contribution is -2.49. The predicted octanol–water partition coefficient (Wildman–Crippen LogP) is 2.40. The highest BCUT2D eigenvalue weighted by Crippen LogP contribution is 2.20. The van der Waals surface area contributed by atoms with Gasteiger partial charge in [-0.1, -0.05) is 24.3 Å². The van der Waals surface area contributed by atoms with E-state index in [4.69, 9.17) is 5.11 Å². The Balaban J connectivity index is 1.56. The Morgan fingerprint density at radius 2 is 1.74 bits per heavy atom. The highest BCUT2D eigenvalue weighted by molar-refractivity contribution is 7.89. The zero-order valence-electron chi connectivity index (χ0n) is 17.9. The first-order valence-corrected chi connectivity index (χ1v) is 11.7. The molecule has 1 saturated heterocycles. The molecule has 0 amide bonds. The van der Waals surface area contributed by atoms with E-state index in [1.54, 1.807) is 18.2 Å². The van der Waals surface area contributed by atoms with Crippen LogP contribution >= 0.6 is 0 Å². The molecule has 2 aromatic rings. The van der Waals surface area contributed by atoms with E-state index < -0.39 is 16.0 Å². The summed E-state index contributed by atoms with van der Waals surface area (Å²) in [5.41, 5.74) is 2.99. The van der Waals surface area contributed by atoms with Crippen molar-refractivity contribution < 1.29 is 18.3 Å². The van der Waals surface area contributed by atoms with Crippen LogP contribution in [0.25, 0.3) is 6.08 Å². The number of piperazine rings is 1. The number of rotatable bonds is 8. The maximum absolute atomic E-state index is 13.0. The third-order valence-electron chi connectivity index (χ3n) is 5.41. The number of carbonyl (C=O) groups is 1. The summed E-state index contributed by atoms with van der Waals surface area (Å²) in [5.74, 6) is -1.07. The molecule has 0 bridgehead atoms. The van der Waals surface area contributed by atoms with Crippen molar-refractivity contribution in [2.75, 3.05) is 51.7 Å². The number of anilines is 1. The summed E-state index contributed by atoms with van der Waals surface area (Å²) in [6, 6.07) is 14.9. The summed E-state index contributed by atoms with van der Waals surface area (Å²) >= 11 is 0. The maximum atomic E-state index is 13.0. The second kappa shape index (κ2) is 10.1. The largest absolute Gasteiger partial charge is 0.478 e. The Morgan fingerprint density at radius 1 is 1.06 bits per heavy atom. The molecule has 31 heavy (non-hydrogen) atoms. The van der Waals surface area contributed by atoms with Crippen LogP contribution < -0.4 is 4.90 Å². The van der Waals surface area contributed by atoms with Crippen LogP contribution in [0, 0.1) is 0 Å². The van der Waals surface area contributed by atoms with Crippen molar-refractivity contribution in [1.29, 1.82) is 0 Å². The molecule has 0 aliphatic carbocycles. The van der Waals surface area contributed by atoms with Gasteiger partial charge in [0.25, 0.3) is 0 Å². The van der Waals surface area contributed by atoms with E-state index in [0.717, 1.165) is 19.0 Å². The Morgan fingerprint density at radius 3 is 2.35 bits per heavy atom. The third-order valence-corrected chi connectivity index (χ3v) is 7.31. The summed E-state index contributed by atoms with van der Waals surface area (Å²) < 4.78 is 27.5. The van der Waals surface area contributed by atoms with Gasteiger partial charge in [0.1, 0.15) is 0 Å². The SMILES string of the molecule is CN(C)c1ccc(CCN2CCN(S(=O)(=O)c3cccc(/C=C/C(=O)O)c3)CC2)cc1. The summed E-state index contributed by atoms with van der Waals surface area (Å²) in [7, 11) is 0.433. The number of sulfonamides is 1. The number of carboxylic acid groups (broad SMARTS) is 1. The molecular formula is C23H29N3O4S. The van der Waals surface area contributed by atoms with Crippen molar-refractivity contribution in [2.24, 2.45) is 0 Å². The quantitative estimate of drug-likeness (QED) is 0.631. The number of hydrogen-bond donors (Lipinski definition) is 1. The van der Waals surface area contributed by atoms with E-state index in [2.05, 4.69) is 34.1 Å². The fraction of sp³-hybridized carbons (Fsp3) is 0.348. The van der Waals surface area contributed by atoms with Gasteiger partial charge in [0, 0.05) is 58.6 Å². The van der Waals surface area contributed by atoms with Gasteiger partial charge in [-0.05, 0) is 47.9 Å². The van der Waals surface area contributed by atoms with Crippen molar-refractivity contribution in [2.45, 2.75) is 11.3 Å². The second-order valence-electron chi connectivity index (χ2n) is 7.80. The Bertz CT molecular complexity index is 1030. The number of hydrogen-bond acceptors (Lipinski definition) is 5. The van der Waals surface area contributed by atoms with Gasteiger partial charge in [-0.15, -0.1) is 0 Å². The van der Waals surface area contributed by atoms with Crippen molar-refractivity contribution in [1.82, 2.24) is 9.21 Å². The Kier molecular flexibility index (Phi) is 7.48. The zero-order chi connectivity index (χ0) is 22.4. The molecule has 1 heterocycles. The topological polar surface area (TPSA) is 81.2 Å². The lowest BCUT2D eigenvalue weighted by atomic mass is 10.1. The van der Waals surface area contributed by atoms with Crippen LogP contribution in [0.5, 0.6) is 0 Å². The van der Waals surface area contributed by atoms with E-state index in [1.807, 2.05) is 14.1 Å². The second-order valence-corrected chi connectivity index (χ2v) is 9.74. The van der Waals surface area contributed by atoms with E-state index >= 15 is 0 Å². The fourth-order valence-electron chi connectivity index (χ4n) is 3.54. The lowest BCUT2D eigenvalue weighted by molar-refractivity contribution is -0.131. The van der Waals surface area contributed by atoms with Gasteiger partial charge in [-0.3, -0.25) is 0 Å². The first-order valence-electron chi connectivity index (χ1n) is 10.3. The molecule has 8 heteroatoms. The van der Waals surface area contributed by atoms with Crippen molar-refractivity contribution in [3.63, 3.8) is 0 Å². The Hall–Kier alpha value is -2.68. The summed E-state index contributed by atoms with van der Waals surface area (Å²) in [6.07, 6.45) is 3.32. The van der Waals surface area contributed by atoms with Crippen LogP contribution in [0.2, 0.25) is 0 Å². The van der Waals surface area contributed by atoms with Gasteiger partial charge >= 0.3 is 5.97 Å². The van der Waals surface area contributed by atoms with Crippen molar-refractivity contribution in [3.05, 3.63) is 65.7 Å². The molecular weight excluding hydrogens is 414 g/mol. The molecule has 0 saturated carbocycles. The lowest BCUT2D eigenvalue weighted by Gasteiger charge is -2.34. The highest BCUT2D eigenvalue weighted by atomic mass is 32.2. The summed E-state index contributed by atoms with van der Waals surface area (Å²) in [6.45, 7) is 3.15. The molecule has 0 atom stereocenters. The molecule has 0 unspecified atom stereocenters. The van der Waals surface area contributed by atoms with Gasteiger partial charge < -0.3 is 14.9 Å². The third kappa shape index (κ3) is 6.16. The molecule has 0 radical (unpaired) electrons. The van der Waals surface area contributed by atoms with Crippen LogP contribution in [0.3, 0.4) is 0 Å². The molecule has 0 spiro atoms. The predicted molar refractivity (Wildman–Crippen MR) is 123 cm³/mol. The molecule has 1 fully saturated rings. The average molecular weight is 444 g/mol. The van der Waals surface area contributed by atoms with Gasteiger partial charge in [0.15, 0.2) is 0 Å². The van der Waals surface area contributed by atoms with Gasteiger partial charge in [0.05, 0.1) is 4.90 Å². The van der Waals surface area contributed by atoms with E-state index in [9.17, 15) is 13.2 Å². The minimum Gasteiger partial charge on any atom is -0.478 e. The number of nitrogens with zero attached hydrogens (tertiary/aromatic N) is 3. The fourth-order valence-corrected chi connectivity index (χ4v) is 5.01. The first kappa shape index (κ1) is 23.0. The van der Waals surface area contributed by atoms with Crippen LogP contribution in [0.1, 0.15) is 11.1 Å². The van der Waals surface area contributed by atoms with Gasteiger partial charge in [0.2, 0.25) is 10.0 Å². The maximum Gasteiger partial charge on any atom is 0.328 e. The molecule has 3 rings (SSSR count). The summed E-state index contributed by atoms with van der Waals surface area (Å²) in [5, 5.41) is 8.76. The highest BCUT2D eigenvalue weighted by Gasteiger charge is 2.28. The normalized spacial score (nSPS) is 15.9. The standard InChI is InChI=1S/C23H29N3O4S/c1-24(2)21-9-6-19(7-10-21)12-13-25-14-16-26(17-15-25)31(29,30)22-5-3-4-20(18-22)8-11-23(27)28/h3-11,18H,12-17H2,1-2H3,(H,27,28)/b11-8+. The molecule has 1 aliphatic rings. The van der Waals surface area contributed by atoms with Gasteiger partial charge in [-0.2, -0.15) is 4.31 Å². The molecule has 1 aliphatic heterocycles. The summed E-state index contributed by atoms with van der Waals surface area (Å²) in [4.78, 5) is 15.2. The van der Waals surface area contributed by atoms with Gasteiger partial charge in [-0.25, -0.2) is 13.2 Å². The molecule has 0 aromatic heterocycles. The molecule has 166 valence electrons. The monoisotopic (exact) mass is 443 g/mol. The minimum absolute atomic E-state index is 0.189. The number of benzene rings is 2. The zero-order valence-corrected chi connectivity index (χ0v) is 18.8. The Labute approximate surface area is 184 Å². The van der Waals surface area contributed by atoms with Crippen LogP contribution in [-0.4, -0.2) is 75.5 Å². The number of carboxylic acids is 1. The van der Waals surface area contributed by atoms with E-state index in [1.165, 1.54) is 27.7 Å². The minimum atomic E-state index is -3.61. The van der Waals surface area contributed by atoms with E-state index in [0.29, 0.717) is 31.7 Å².